The third-order valence-electron chi connectivity index (χ3n) is 7.25. The molecule has 2 aromatic carbocycles. The van der Waals surface area contributed by atoms with Crippen LogP contribution < -0.4 is 19.4 Å². The van der Waals surface area contributed by atoms with Crippen LogP contribution in [0, 0.1) is 6.92 Å². The zero-order valence-corrected chi connectivity index (χ0v) is 22.3. The molecule has 0 spiro atoms. The van der Waals surface area contributed by atoms with Crippen LogP contribution in [0.3, 0.4) is 0 Å². The van der Waals surface area contributed by atoms with Gasteiger partial charge in [0.2, 0.25) is 11.9 Å². The summed E-state index contributed by atoms with van der Waals surface area (Å²) in [6.45, 7) is 6.96. The minimum absolute atomic E-state index is 0.111. The number of amides is 1. The highest BCUT2D eigenvalue weighted by Crippen LogP contribution is 2.29. The van der Waals surface area contributed by atoms with E-state index in [1.165, 1.54) is 11.3 Å². The molecule has 194 valence electrons. The first-order valence-electron chi connectivity index (χ1n) is 13.0. The Morgan fingerprint density at radius 2 is 1.70 bits per heavy atom. The van der Waals surface area contributed by atoms with Crippen molar-refractivity contribution in [1.82, 2.24) is 14.9 Å². The van der Waals surface area contributed by atoms with E-state index in [9.17, 15) is 4.79 Å². The van der Waals surface area contributed by atoms with Crippen LogP contribution in [0.5, 0.6) is 5.75 Å². The number of anilines is 3. The predicted molar refractivity (Wildman–Crippen MR) is 148 cm³/mol. The van der Waals surface area contributed by atoms with Crippen molar-refractivity contribution >= 4 is 23.4 Å². The SMILES string of the molecule is COc1cccc(CC(=O)N2CCc3nc(N4CCN(c5ccc(C)cc5)CC4)nc(N(C)C)c3C2)c1. The van der Waals surface area contributed by atoms with E-state index in [-0.39, 0.29) is 5.91 Å². The van der Waals surface area contributed by atoms with Gasteiger partial charge < -0.3 is 24.3 Å². The Bertz CT molecular complexity index is 1250. The molecule has 0 atom stereocenters. The summed E-state index contributed by atoms with van der Waals surface area (Å²) in [6.07, 6.45) is 1.09. The van der Waals surface area contributed by atoms with Crippen molar-refractivity contribution in [2.24, 2.45) is 0 Å². The molecule has 2 aliphatic heterocycles. The summed E-state index contributed by atoms with van der Waals surface area (Å²) in [6, 6.07) is 16.5. The Labute approximate surface area is 219 Å². The quantitative estimate of drug-likeness (QED) is 0.515. The van der Waals surface area contributed by atoms with E-state index in [1.807, 2.05) is 48.2 Å². The summed E-state index contributed by atoms with van der Waals surface area (Å²) in [7, 11) is 5.67. The van der Waals surface area contributed by atoms with Gasteiger partial charge in [-0.2, -0.15) is 4.98 Å². The second kappa shape index (κ2) is 10.7. The number of piperazine rings is 1. The molecule has 0 radical (unpaired) electrons. The van der Waals surface area contributed by atoms with Crippen LogP contribution in [-0.2, 0) is 24.2 Å². The number of carbonyl (C=O) groups excluding carboxylic acids is 1. The first kappa shape index (κ1) is 24.9. The minimum atomic E-state index is 0.111. The van der Waals surface area contributed by atoms with Gasteiger partial charge in [-0.3, -0.25) is 4.79 Å². The standard InChI is InChI=1S/C29H36N6O2/c1-21-8-10-23(11-9-21)33-14-16-34(17-15-33)29-30-26-12-13-35(20-25(26)28(31-29)32(2)3)27(36)19-22-6-5-7-24(18-22)37-4/h5-11,18H,12-17,19-20H2,1-4H3. The molecule has 0 unspecified atom stereocenters. The number of methoxy groups -OCH3 is 1. The van der Waals surface area contributed by atoms with Gasteiger partial charge in [-0.25, -0.2) is 4.98 Å². The molecule has 1 amide bonds. The van der Waals surface area contributed by atoms with E-state index in [0.29, 0.717) is 19.5 Å². The number of hydrogen-bond donors (Lipinski definition) is 0. The fraction of sp³-hybridized carbons (Fsp3) is 0.414. The molecule has 3 heterocycles. The van der Waals surface area contributed by atoms with Gasteiger partial charge in [-0.15, -0.1) is 0 Å². The number of aromatic nitrogens is 2. The van der Waals surface area contributed by atoms with E-state index in [0.717, 1.165) is 66.9 Å². The third kappa shape index (κ3) is 5.48. The van der Waals surface area contributed by atoms with E-state index < -0.39 is 0 Å². The lowest BCUT2D eigenvalue weighted by Gasteiger charge is -2.37. The summed E-state index contributed by atoms with van der Waals surface area (Å²) in [5.74, 6) is 2.58. The molecule has 8 heteroatoms. The Morgan fingerprint density at radius 3 is 2.41 bits per heavy atom. The van der Waals surface area contributed by atoms with Crippen LogP contribution in [0.25, 0.3) is 0 Å². The molecule has 2 aliphatic rings. The van der Waals surface area contributed by atoms with Gasteiger partial charge in [0.1, 0.15) is 11.6 Å². The molecule has 3 aromatic rings. The normalized spacial score (nSPS) is 15.4. The second-order valence-electron chi connectivity index (χ2n) is 10.1. The second-order valence-corrected chi connectivity index (χ2v) is 10.1. The van der Waals surface area contributed by atoms with Gasteiger partial charge in [-0.05, 0) is 36.8 Å². The smallest absolute Gasteiger partial charge is 0.227 e. The summed E-state index contributed by atoms with van der Waals surface area (Å²) < 4.78 is 5.31. The molecular weight excluding hydrogens is 464 g/mol. The van der Waals surface area contributed by atoms with Crippen LogP contribution in [-0.4, -0.2) is 74.7 Å². The largest absolute Gasteiger partial charge is 0.497 e. The zero-order chi connectivity index (χ0) is 25.9. The highest BCUT2D eigenvalue weighted by atomic mass is 16.5. The van der Waals surface area contributed by atoms with Gasteiger partial charge in [0.25, 0.3) is 0 Å². The first-order chi connectivity index (χ1) is 17.9. The summed E-state index contributed by atoms with van der Waals surface area (Å²) in [5.41, 5.74) is 5.61. The van der Waals surface area contributed by atoms with Crippen molar-refractivity contribution < 1.29 is 9.53 Å². The average Bonchev–Trinajstić information content (AvgIpc) is 2.92. The van der Waals surface area contributed by atoms with Crippen LogP contribution in [0.4, 0.5) is 17.5 Å². The molecule has 0 bridgehead atoms. The number of benzene rings is 2. The van der Waals surface area contributed by atoms with E-state index in [4.69, 9.17) is 14.7 Å². The third-order valence-corrected chi connectivity index (χ3v) is 7.25. The van der Waals surface area contributed by atoms with Crippen molar-refractivity contribution in [3.05, 3.63) is 70.9 Å². The lowest BCUT2D eigenvalue weighted by atomic mass is 10.0. The van der Waals surface area contributed by atoms with E-state index >= 15 is 0 Å². The Hall–Kier alpha value is -3.81. The highest BCUT2D eigenvalue weighted by molar-refractivity contribution is 5.79. The fourth-order valence-electron chi connectivity index (χ4n) is 5.10. The van der Waals surface area contributed by atoms with Gasteiger partial charge >= 0.3 is 0 Å². The molecular formula is C29H36N6O2. The number of rotatable bonds is 6. The average molecular weight is 501 g/mol. The fourth-order valence-corrected chi connectivity index (χ4v) is 5.10. The van der Waals surface area contributed by atoms with Crippen molar-refractivity contribution in [3.63, 3.8) is 0 Å². The Morgan fingerprint density at radius 1 is 0.973 bits per heavy atom. The maximum Gasteiger partial charge on any atom is 0.227 e. The number of hydrogen-bond acceptors (Lipinski definition) is 7. The molecule has 1 saturated heterocycles. The lowest BCUT2D eigenvalue weighted by molar-refractivity contribution is -0.131. The summed E-state index contributed by atoms with van der Waals surface area (Å²) in [5, 5.41) is 0. The number of carbonyl (C=O) groups is 1. The highest BCUT2D eigenvalue weighted by Gasteiger charge is 2.28. The van der Waals surface area contributed by atoms with Crippen molar-refractivity contribution in [1.29, 1.82) is 0 Å². The summed E-state index contributed by atoms with van der Waals surface area (Å²) >= 11 is 0. The first-order valence-corrected chi connectivity index (χ1v) is 13.0. The number of aryl methyl sites for hydroxylation is 1. The van der Waals surface area contributed by atoms with Crippen LogP contribution in [0.1, 0.15) is 22.4 Å². The summed E-state index contributed by atoms with van der Waals surface area (Å²) in [4.78, 5) is 31.8. The molecule has 1 fully saturated rings. The van der Waals surface area contributed by atoms with Crippen LogP contribution >= 0.6 is 0 Å². The van der Waals surface area contributed by atoms with E-state index in [1.54, 1.807) is 7.11 Å². The monoisotopic (exact) mass is 500 g/mol. The molecule has 0 aliphatic carbocycles. The molecule has 0 saturated carbocycles. The maximum atomic E-state index is 13.2. The zero-order valence-electron chi connectivity index (χ0n) is 22.3. The molecule has 0 N–H and O–H groups in total. The van der Waals surface area contributed by atoms with Gasteiger partial charge in [0, 0.05) is 64.5 Å². The Balaban J connectivity index is 1.29. The molecule has 8 nitrogen and oxygen atoms in total. The van der Waals surface area contributed by atoms with Crippen LogP contribution in [0.2, 0.25) is 0 Å². The molecule has 37 heavy (non-hydrogen) atoms. The number of fused-ring (bicyclic) bond motifs is 1. The Kier molecular flexibility index (Phi) is 7.17. The maximum absolute atomic E-state index is 13.2. The van der Waals surface area contributed by atoms with Gasteiger partial charge in [0.15, 0.2) is 0 Å². The number of ether oxygens (including phenoxy) is 1. The molecule has 5 rings (SSSR count). The van der Waals surface area contributed by atoms with Crippen LogP contribution in [0.15, 0.2) is 48.5 Å². The lowest BCUT2D eigenvalue weighted by Crippen LogP contribution is -2.47. The topological polar surface area (TPSA) is 65.0 Å². The number of nitrogens with zero attached hydrogens (tertiary/aromatic N) is 6. The van der Waals surface area contributed by atoms with Gasteiger partial charge in [0.05, 0.1) is 25.8 Å². The predicted octanol–water partition coefficient (Wildman–Crippen LogP) is 3.31. The van der Waals surface area contributed by atoms with Crippen molar-refractivity contribution in [3.8, 4) is 5.75 Å². The van der Waals surface area contributed by atoms with Crippen molar-refractivity contribution in [2.75, 3.05) is 68.6 Å². The van der Waals surface area contributed by atoms with Gasteiger partial charge in [-0.1, -0.05) is 29.8 Å². The molecule has 1 aromatic heterocycles. The van der Waals surface area contributed by atoms with Crippen molar-refractivity contribution in [2.45, 2.75) is 26.3 Å². The van der Waals surface area contributed by atoms with E-state index in [2.05, 4.69) is 41.0 Å². The minimum Gasteiger partial charge on any atom is -0.497 e.